The minimum atomic E-state index is -2.96. The molecule has 0 aromatic heterocycles. The minimum absolute atomic E-state index is 0.0502. The van der Waals surface area contributed by atoms with Crippen molar-refractivity contribution < 1.29 is 17.9 Å². The summed E-state index contributed by atoms with van der Waals surface area (Å²) in [4.78, 5) is 12.0. The highest BCUT2D eigenvalue weighted by atomic mass is 32.2. The molecule has 1 rings (SSSR count). The first-order chi connectivity index (χ1) is 7.72. The zero-order valence-electron chi connectivity index (χ0n) is 11.0. The van der Waals surface area contributed by atoms with Crippen LogP contribution in [0.25, 0.3) is 0 Å². The summed E-state index contributed by atoms with van der Waals surface area (Å²) in [6.45, 7) is 5.91. The van der Waals surface area contributed by atoms with Gasteiger partial charge in [-0.2, -0.15) is 0 Å². The summed E-state index contributed by atoms with van der Waals surface area (Å²) in [6.07, 6.45) is 2.01. The van der Waals surface area contributed by atoms with Crippen LogP contribution in [0.4, 0.5) is 0 Å². The molecule has 4 atom stereocenters. The molecule has 0 spiro atoms. The number of hydrogen-bond donors (Lipinski definition) is 0. The van der Waals surface area contributed by atoms with Crippen LogP contribution in [0.3, 0.4) is 0 Å². The van der Waals surface area contributed by atoms with Crippen LogP contribution in [0.5, 0.6) is 0 Å². The molecule has 1 fully saturated rings. The van der Waals surface area contributed by atoms with E-state index in [1.807, 2.05) is 20.8 Å². The number of rotatable bonds is 5. The monoisotopic (exact) mass is 262 g/mol. The van der Waals surface area contributed by atoms with Crippen molar-refractivity contribution in [3.63, 3.8) is 0 Å². The number of sulfone groups is 1. The Labute approximate surface area is 104 Å². The molecule has 1 aliphatic rings. The standard InChI is InChI=1S/C12H22O4S/c1-8-9(2)16-10(3)12(8)11(13)6-5-7-17(4,14)15/h8-10,12H,5-7H2,1-4H3. The SMILES string of the molecule is CC1OC(C)C(C(=O)CCCS(C)(=O)=O)C1C. The second kappa shape index (κ2) is 5.48. The molecular formula is C12H22O4S. The lowest BCUT2D eigenvalue weighted by Crippen LogP contribution is -2.27. The molecule has 100 valence electrons. The molecule has 17 heavy (non-hydrogen) atoms. The average Bonchev–Trinajstić information content (AvgIpc) is 2.38. The Balaban J connectivity index is 2.48. The second-order valence-electron chi connectivity index (χ2n) is 5.13. The van der Waals surface area contributed by atoms with Gasteiger partial charge in [-0.3, -0.25) is 4.79 Å². The Morgan fingerprint density at radius 1 is 1.18 bits per heavy atom. The molecule has 4 unspecified atom stereocenters. The second-order valence-corrected chi connectivity index (χ2v) is 7.39. The first kappa shape index (κ1) is 14.6. The molecule has 5 heteroatoms. The molecule has 0 bridgehead atoms. The van der Waals surface area contributed by atoms with Gasteiger partial charge in [-0.15, -0.1) is 0 Å². The molecular weight excluding hydrogens is 240 g/mol. The maximum atomic E-state index is 12.0. The van der Waals surface area contributed by atoms with Gasteiger partial charge in [0.15, 0.2) is 0 Å². The minimum Gasteiger partial charge on any atom is -0.375 e. The molecule has 0 N–H and O–H groups in total. The molecule has 0 aliphatic carbocycles. The lowest BCUT2D eigenvalue weighted by molar-refractivity contribution is -0.125. The lowest BCUT2D eigenvalue weighted by Gasteiger charge is -2.16. The predicted octanol–water partition coefficient (Wildman–Crippen LogP) is 1.44. The van der Waals surface area contributed by atoms with E-state index in [2.05, 4.69) is 0 Å². The van der Waals surface area contributed by atoms with Crippen molar-refractivity contribution in [2.24, 2.45) is 11.8 Å². The van der Waals surface area contributed by atoms with Gasteiger partial charge in [0.05, 0.1) is 18.0 Å². The van der Waals surface area contributed by atoms with Crippen LogP contribution in [0.2, 0.25) is 0 Å². The zero-order chi connectivity index (χ0) is 13.2. The first-order valence-electron chi connectivity index (χ1n) is 6.08. The third kappa shape index (κ3) is 4.07. The van der Waals surface area contributed by atoms with Crippen molar-refractivity contribution in [3.05, 3.63) is 0 Å². The molecule has 1 aliphatic heterocycles. The van der Waals surface area contributed by atoms with Crippen LogP contribution in [0.1, 0.15) is 33.6 Å². The summed E-state index contributed by atoms with van der Waals surface area (Å²) in [5.74, 6) is 0.364. The van der Waals surface area contributed by atoms with E-state index in [4.69, 9.17) is 4.74 Å². The maximum Gasteiger partial charge on any atom is 0.147 e. The van der Waals surface area contributed by atoms with E-state index >= 15 is 0 Å². The molecule has 0 saturated carbocycles. The third-order valence-electron chi connectivity index (χ3n) is 3.55. The van der Waals surface area contributed by atoms with E-state index in [1.54, 1.807) is 0 Å². The van der Waals surface area contributed by atoms with Gasteiger partial charge >= 0.3 is 0 Å². The highest BCUT2D eigenvalue weighted by Gasteiger charge is 2.40. The number of ketones is 1. The van der Waals surface area contributed by atoms with Crippen LogP contribution in [0.15, 0.2) is 0 Å². The Morgan fingerprint density at radius 2 is 1.76 bits per heavy atom. The maximum absolute atomic E-state index is 12.0. The Morgan fingerprint density at radius 3 is 2.18 bits per heavy atom. The van der Waals surface area contributed by atoms with Gasteiger partial charge in [0.1, 0.15) is 15.6 Å². The summed E-state index contributed by atoms with van der Waals surface area (Å²) in [5, 5.41) is 0. The number of carbonyl (C=O) groups is 1. The number of Topliss-reactive ketones (excluding diaryl/α,β-unsaturated/α-hetero) is 1. The largest absolute Gasteiger partial charge is 0.375 e. The van der Waals surface area contributed by atoms with Crippen LogP contribution in [-0.4, -0.2) is 38.4 Å². The predicted molar refractivity (Wildman–Crippen MR) is 66.6 cm³/mol. The van der Waals surface area contributed by atoms with E-state index in [0.717, 1.165) is 0 Å². The summed E-state index contributed by atoms with van der Waals surface area (Å²) < 4.78 is 27.6. The fourth-order valence-corrected chi connectivity index (χ4v) is 3.17. The van der Waals surface area contributed by atoms with Crippen molar-refractivity contribution in [3.8, 4) is 0 Å². The van der Waals surface area contributed by atoms with E-state index in [-0.39, 0.29) is 35.6 Å². The zero-order valence-corrected chi connectivity index (χ0v) is 11.8. The quantitative estimate of drug-likeness (QED) is 0.752. The summed E-state index contributed by atoms with van der Waals surface area (Å²) in [6, 6.07) is 0. The first-order valence-corrected chi connectivity index (χ1v) is 8.14. The van der Waals surface area contributed by atoms with E-state index < -0.39 is 9.84 Å². The number of carbonyl (C=O) groups excluding carboxylic acids is 1. The topological polar surface area (TPSA) is 60.4 Å². The smallest absolute Gasteiger partial charge is 0.147 e. The van der Waals surface area contributed by atoms with Gasteiger partial charge in [0, 0.05) is 18.6 Å². The fraction of sp³-hybridized carbons (Fsp3) is 0.917. The summed E-state index contributed by atoms with van der Waals surface area (Å²) in [5.41, 5.74) is 0. The molecule has 0 radical (unpaired) electrons. The normalized spacial score (nSPS) is 33.9. The van der Waals surface area contributed by atoms with Gasteiger partial charge in [0.2, 0.25) is 0 Å². The Hall–Kier alpha value is -0.420. The van der Waals surface area contributed by atoms with Crippen molar-refractivity contribution in [1.29, 1.82) is 0 Å². The van der Waals surface area contributed by atoms with E-state index in [0.29, 0.717) is 12.8 Å². The Bertz CT molecular complexity index is 374. The van der Waals surface area contributed by atoms with Crippen LogP contribution < -0.4 is 0 Å². The lowest BCUT2D eigenvalue weighted by atomic mass is 9.84. The van der Waals surface area contributed by atoms with Gasteiger partial charge in [-0.05, 0) is 26.2 Å². The van der Waals surface area contributed by atoms with Crippen LogP contribution >= 0.6 is 0 Å². The number of hydrogen-bond acceptors (Lipinski definition) is 4. The summed E-state index contributed by atoms with van der Waals surface area (Å²) in [7, 11) is -2.96. The van der Waals surface area contributed by atoms with Crippen LogP contribution in [-0.2, 0) is 19.4 Å². The molecule has 4 nitrogen and oxygen atoms in total. The molecule has 0 aromatic rings. The van der Waals surface area contributed by atoms with E-state index in [1.165, 1.54) is 6.26 Å². The van der Waals surface area contributed by atoms with Crippen molar-refractivity contribution in [1.82, 2.24) is 0 Å². The Kier molecular flexibility index (Phi) is 4.72. The fourth-order valence-electron chi connectivity index (χ4n) is 2.50. The van der Waals surface area contributed by atoms with Crippen molar-refractivity contribution in [2.75, 3.05) is 12.0 Å². The van der Waals surface area contributed by atoms with Gasteiger partial charge in [-0.1, -0.05) is 6.92 Å². The van der Waals surface area contributed by atoms with Gasteiger partial charge in [0.25, 0.3) is 0 Å². The third-order valence-corrected chi connectivity index (χ3v) is 4.58. The van der Waals surface area contributed by atoms with Crippen LogP contribution in [0, 0.1) is 11.8 Å². The van der Waals surface area contributed by atoms with Crippen molar-refractivity contribution in [2.45, 2.75) is 45.8 Å². The average molecular weight is 262 g/mol. The number of ether oxygens (including phenoxy) is 1. The van der Waals surface area contributed by atoms with E-state index in [9.17, 15) is 13.2 Å². The van der Waals surface area contributed by atoms with Crippen molar-refractivity contribution >= 4 is 15.6 Å². The van der Waals surface area contributed by atoms with Gasteiger partial charge in [-0.25, -0.2) is 8.42 Å². The molecule has 1 heterocycles. The molecule has 0 amide bonds. The molecule has 0 aromatic carbocycles. The van der Waals surface area contributed by atoms with Gasteiger partial charge < -0.3 is 4.74 Å². The summed E-state index contributed by atoms with van der Waals surface area (Å²) >= 11 is 0. The highest BCUT2D eigenvalue weighted by molar-refractivity contribution is 7.90. The molecule has 1 saturated heterocycles. The highest BCUT2D eigenvalue weighted by Crippen LogP contribution is 2.33.